The minimum atomic E-state index is -4.27. The molecule has 0 aliphatic heterocycles. The van der Waals surface area contributed by atoms with Gasteiger partial charge in [-0.05, 0) is 44.7 Å². The fourth-order valence-electron chi connectivity index (χ4n) is 3.62. The monoisotopic (exact) mass is 475 g/mol. The summed E-state index contributed by atoms with van der Waals surface area (Å²) in [5, 5.41) is 0. The Hall–Kier alpha value is -0.620. The predicted molar refractivity (Wildman–Crippen MR) is 133 cm³/mol. The molecule has 0 radical (unpaired) electrons. The molecule has 1 aromatic rings. The molecule has 1 aromatic carbocycles. The van der Waals surface area contributed by atoms with E-state index in [1.165, 1.54) is 100 Å². The van der Waals surface area contributed by atoms with Crippen LogP contribution in [-0.2, 0) is 10.1 Å². The SMILES string of the molecule is CCCCCCCC[N+](C)(CCCl)CCCCCCC.Cc1ccc(S(=O)(=O)[O-])cc1. The van der Waals surface area contributed by atoms with Gasteiger partial charge < -0.3 is 9.04 Å². The Kier molecular flexibility index (Phi) is 17.5. The second-order valence-corrected chi connectivity index (χ2v) is 10.7. The molecule has 1 rings (SSSR count). The van der Waals surface area contributed by atoms with Gasteiger partial charge in [0.05, 0.1) is 37.5 Å². The van der Waals surface area contributed by atoms with E-state index in [4.69, 9.17) is 11.6 Å². The highest BCUT2D eigenvalue weighted by molar-refractivity contribution is 7.85. The molecule has 0 aliphatic carbocycles. The average molecular weight is 476 g/mol. The van der Waals surface area contributed by atoms with Crippen LogP contribution in [-0.4, -0.2) is 50.0 Å². The van der Waals surface area contributed by atoms with Gasteiger partial charge in [0.1, 0.15) is 10.1 Å². The molecule has 31 heavy (non-hydrogen) atoms. The number of unbranched alkanes of at least 4 members (excludes halogenated alkanes) is 9. The van der Waals surface area contributed by atoms with Crippen LogP contribution in [0.5, 0.6) is 0 Å². The zero-order valence-electron chi connectivity index (χ0n) is 20.4. The van der Waals surface area contributed by atoms with Gasteiger partial charge in [0, 0.05) is 0 Å². The van der Waals surface area contributed by atoms with Crippen molar-refractivity contribution >= 4 is 21.7 Å². The van der Waals surface area contributed by atoms with Crippen LogP contribution in [0.4, 0.5) is 0 Å². The number of halogens is 1. The molecule has 4 nitrogen and oxygen atoms in total. The zero-order chi connectivity index (χ0) is 23.6. The molecule has 0 heterocycles. The Morgan fingerprint density at radius 2 is 1.19 bits per heavy atom. The minimum Gasteiger partial charge on any atom is -0.744 e. The molecule has 0 fully saturated rings. The molecule has 0 N–H and O–H groups in total. The maximum atomic E-state index is 10.4. The van der Waals surface area contributed by atoms with Crippen molar-refractivity contribution in [3.63, 3.8) is 0 Å². The molecular formula is C25H46ClNO3S. The summed E-state index contributed by atoms with van der Waals surface area (Å²) in [4.78, 5) is -0.178. The van der Waals surface area contributed by atoms with Crippen LogP contribution < -0.4 is 0 Å². The Balaban J connectivity index is 0.000000683. The van der Waals surface area contributed by atoms with Crippen LogP contribution in [0.25, 0.3) is 0 Å². The van der Waals surface area contributed by atoms with Crippen LogP contribution in [0.15, 0.2) is 29.2 Å². The smallest absolute Gasteiger partial charge is 0.124 e. The highest BCUT2D eigenvalue weighted by Crippen LogP contribution is 2.13. The summed E-state index contributed by atoms with van der Waals surface area (Å²) in [6, 6.07) is 5.78. The van der Waals surface area contributed by atoms with Crippen molar-refractivity contribution < 1.29 is 17.5 Å². The number of hydrogen-bond donors (Lipinski definition) is 0. The molecule has 6 heteroatoms. The summed E-state index contributed by atoms with van der Waals surface area (Å²) in [6.07, 6.45) is 15.3. The lowest BCUT2D eigenvalue weighted by atomic mass is 10.1. The molecule has 1 atom stereocenters. The third kappa shape index (κ3) is 16.6. The fourth-order valence-corrected chi connectivity index (χ4v) is 4.49. The number of quaternary nitrogens is 1. The van der Waals surface area contributed by atoms with Crippen molar-refractivity contribution in [3.8, 4) is 0 Å². The number of alkyl halides is 1. The van der Waals surface area contributed by atoms with Gasteiger partial charge in [0.15, 0.2) is 0 Å². The summed E-state index contributed by atoms with van der Waals surface area (Å²) in [5.74, 6) is 0.807. The van der Waals surface area contributed by atoms with E-state index < -0.39 is 10.1 Å². The van der Waals surface area contributed by atoms with Crippen LogP contribution in [0.3, 0.4) is 0 Å². The van der Waals surface area contributed by atoms with Gasteiger partial charge in [-0.15, -0.1) is 11.6 Å². The lowest BCUT2D eigenvalue weighted by Crippen LogP contribution is -2.47. The zero-order valence-corrected chi connectivity index (χ0v) is 21.9. The molecular weight excluding hydrogens is 430 g/mol. The third-order valence-electron chi connectivity index (χ3n) is 5.79. The van der Waals surface area contributed by atoms with Crippen molar-refractivity contribution in [1.82, 2.24) is 0 Å². The molecule has 0 spiro atoms. The Morgan fingerprint density at radius 1 is 0.774 bits per heavy atom. The van der Waals surface area contributed by atoms with E-state index in [9.17, 15) is 13.0 Å². The first-order valence-electron chi connectivity index (χ1n) is 12.1. The Bertz CT molecular complexity index is 649. The number of nitrogens with zero attached hydrogens (tertiary/aromatic N) is 1. The second kappa shape index (κ2) is 17.9. The number of benzene rings is 1. The van der Waals surface area contributed by atoms with E-state index in [2.05, 4.69) is 20.9 Å². The molecule has 182 valence electrons. The number of rotatable bonds is 16. The fraction of sp³-hybridized carbons (Fsp3) is 0.760. The van der Waals surface area contributed by atoms with Crippen molar-refractivity contribution in [3.05, 3.63) is 29.8 Å². The summed E-state index contributed by atoms with van der Waals surface area (Å²) in [5.41, 5.74) is 0.928. The van der Waals surface area contributed by atoms with Gasteiger partial charge in [-0.25, -0.2) is 8.42 Å². The van der Waals surface area contributed by atoms with Crippen molar-refractivity contribution in [2.75, 3.05) is 32.6 Å². The predicted octanol–water partition coefficient (Wildman–Crippen LogP) is 6.90. The van der Waals surface area contributed by atoms with Gasteiger partial charge in [0.25, 0.3) is 0 Å². The first kappa shape index (κ1) is 30.4. The maximum absolute atomic E-state index is 10.4. The molecule has 0 bridgehead atoms. The Labute approximate surface area is 197 Å². The summed E-state index contributed by atoms with van der Waals surface area (Å²) in [7, 11) is -1.86. The second-order valence-electron chi connectivity index (χ2n) is 8.93. The van der Waals surface area contributed by atoms with E-state index in [0.29, 0.717) is 0 Å². The quantitative estimate of drug-likeness (QED) is 0.113. The van der Waals surface area contributed by atoms with Crippen molar-refractivity contribution in [2.24, 2.45) is 0 Å². The van der Waals surface area contributed by atoms with E-state index in [0.717, 1.165) is 18.0 Å². The van der Waals surface area contributed by atoms with Crippen LogP contribution in [0.2, 0.25) is 0 Å². The van der Waals surface area contributed by atoms with Crippen molar-refractivity contribution in [2.45, 2.75) is 96.3 Å². The first-order valence-corrected chi connectivity index (χ1v) is 14.0. The van der Waals surface area contributed by atoms with E-state index in [-0.39, 0.29) is 4.90 Å². The lowest BCUT2D eigenvalue weighted by molar-refractivity contribution is -0.907. The summed E-state index contributed by atoms with van der Waals surface area (Å²) < 4.78 is 32.4. The van der Waals surface area contributed by atoms with Crippen molar-refractivity contribution in [1.29, 1.82) is 0 Å². The standard InChI is InChI=1S/C18H39ClN.C7H8O3S/c1-4-6-8-10-12-14-17-20(3,18-15-19)16-13-11-9-7-5-2;1-6-2-4-7(5-3-6)11(8,9)10/h4-18H2,1-3H3;2-5H,1H3,(H,8,9,10)/q+1;/p-1. The molecule has 0 aliphatic rings. The highest BCUT2D eigenvalue weighted by atomic mass is 35.5. The maximum Gasteiger partial charge on any atom is 0.124 e. The highest BCUT2D eigenvalue weighted by Gasteiger charge is 2.19. The normalized spacial score (nSPS) is 13.4. The minimum absolute atomic E-state index is 0.178. The van der Waals surface area contributed by atoms with E-state index in [1.807, 2.05) is 6.92 Å². The van der Waals surface area contributed by atoms with Crippen LogP contribution >= 0.6 is 11.6 Å². The van der Waals surface area contributed by atoms with Gasteiger partial charge in [-0.1, -0.05) is 76.5 Å². The number of hydrogen-bond acceptors (Lipinski definition) is 3. The largest absolute Gasteiger partial charge is 0.744 e. The topological polar surface area (TPSA) is 57.2 Å². The molecule has 0 aromatic heterocycles. The molecule has 0 saturated heterocycles. The van der Waals surface area contributed by atoms with Gasteiger partial charge in [-0.2, -0.15) is 0 Å². The summed E-state index contributed by atoms with van der Waals surface area (Å²) in [6.45, 7) is 10.2. The van der Waals surface area contributed by atoms with Crippen LogP contribution in [0.1, 0.15) is 90.0 Å². The molecule has 0 saturated carbocycles. The van der Waals surface area contributed by atoms with Crippen LogP contribution in [0, 0.1) is 6.92 Å². The lowest BCUT2D eigenvalue weighted by Gasteiger charge is -2.34. The summed E-state index contributed by atoms with van der Waals surface area (Å²) >= 11 is 6.01. The first-order chi connectivity index (χ1) is 14.7. The third-order valence-corrected chi connectivity index (χ3v) is 6.81. The van der Waals surface area contributed by atoms with E-state index >= 15 is 0 Å². The number of aryl methyl sites for hydroxylation is 1. The van der Waals surface area contributed by atoms with Gasteiger partial charge >= 0.3 is 0 Å². The van der Waals surface area contributed by atoms with Gasteiger partial charge in [-0.3, -0.25) is 0 Å². The average Bonchev–Trinajstić information content (AvgIpc) is 2.71. The Morgan fingerprint density at radius 3 is 1.58 bits per heavy atom. The van der Waals surface area contributed by atoms with E-state index in [1.54, 1.807) is 12.1 Å². The molecule has 0 amide bonds. The molecule has 1 unspecified atom stereocenters. The van der Waals surface area contributed by atoms with Gasteiger partial charge in [0.2, 0.25) is 0 Å².